The zero-order valence-corrected chi connectivity index (χ0v) is 42.1. The minimum absolute atomic E-state index is 0.0541. The second-order valence-electron chi connectivity index (χ2n) is 23.8. The first kappa shape index (κ1) is 53.3. The lowest BCUT2D eigenvalue weighted by atomic mass is 9.47. The molecule has 0 radical (unpaired) electrons. The molecule has 31 atom stereocenters. The van der Waals surface area contributed by atoms with E-state index in [1.807, 2.05) is 0 Å². The zero-order valence-electron chi connectivity index (χ0n) is 42.1. The van der Waals surface area contributed by atoms with Gasteiger partial charge in [0.1, 0.15) is 79.4 Å². The Labute approximate surface area is 415 Å². The van der Waals surface area contributed by atoms with Gasteiger partial charge in [0.15, 0.2) is 30.9 Å². The predicted molar refractivity (Wildman–Crippen MR) is 244 cm³/mol. The van der Waals surface area contributed by atoms with E-state index < -0.39 is 141 Å². The van der Waals surface area contributed by atoms with Crippen LogP contribution >= 0.6 is 0 Å². The van der Waals surface area contributed by atoms with Crippen molar-refractivity contribution in [1.82, 2.24) is 0 Å². The Morgan fingerprint density at radius 1 is 0.592 bits per heavy atom. The van der Waals surface area contributed by atoms with Gasteiger partial charge < -0.3 is 98.4 Å². The topological polar surface area (TPSA) is 295 Å². The van der Waals surface area contributed by atoms with E-state index in [1.165, 1.54) is 26.3 Å². The molecular formula is C51H82O20. The van der Waals surface area contributed by atoms with Crippen LogP contribution in [0.25, 0.3) is 0 Å². The summed E-state index contributed by atoms with van der Waals surface area (Å²) in [4.78, 5) is 0. The molecule has 10 aliphatic rings. The van der Waals surface area contributed by atoms with Crippen molar-refractivity contribution < 1.29 is 98.4 Å². The van der Waals surface area contributed by atoms with E-state index in [4.69, 9.17) is 47.4 Å². The van der Waals surface area contributed by atoms with Crippen LogP contribution < -0.4 is 0 Å². The van der Waals surface area contributed by atoms with E-state index in [9.17, 15) is 51.1 Å². The fourth-order valence-electron chi connectivity index (χ4n) is 15.4. The number of hydrogen-bond acceptors (Lipinski definition) is 20. The summed E-state index contributed by atoms with van der Waals surface area (Å²) in [6.45, 7) is 14.0. The number of aliphatic hydroxyl groups excluding tert-OH is 10. The van der Waals surface area contributed by atoms with Gasteiger partial charge in [-0.3, -0.25) is 0 Å². The summed E-state index contributed by atoms with van der Waals surface area (Å²) in [5, 5.41) is 110. The first-order chi connectivity index (χ1) is 33.6. The first-order valence-electron chi connectivity index (χ1n) is 26.6. The first-order valence-corrected chi connectivity index (χ1v) is 26.6. The highest BCUT2D eigenvalue weighted by Gasteiger charge is 2.69. The minimum Gasteiger partial charge on any atom is -0.394 e. The SMILES string of the molecule is CC1CC[C@@]2(OC1)OC1CC3C4CC=C5CC(OC6OC(CO)C(OC7OC(C)C(O)C(O)C7OC7OC(C)C(O)C(O)C7O)C(OC7OC(C)C(O)C(O)C7O)C6O)CC[C@]5(C)C4CC[C@]3(C)C1C2C. The molecule has 6 saturated heterocycles. The maximum atomic E-state index is 12.3. The monoisotopic (exact) mass is 1010 g/mol. The Morgan fingerprint density at radius 2 is 1.18 bits per heavy atom. The van der Waals surface area contributed by atoms with Crippen LogP contribution in [0.5, 0.6) is 0 Å². The maximum Gasteiger partial charge on any atom is 0.187 e. The van der Waals surface area contributed by atoms with Gasteiger partial charge in [0.25, 0.3) is 0 Å². The summed E-state index contributed by atoms with van der Waals surface area (Å²) in [7, 11) is 0. The van der Waals surface area contributed by atoms with E-state index in [1.54, 1.807) is 0 Å². The minimum atomic E-state index is -1.81. The van der Waals surface area contributed by atoms with Crippen LogP contribution in [0.3, 0.4) is 0 Å². The van der Waals surface area contributed by atoms with Gasteiger partial charge in [-0.25, -0.2) is 0 Å². The maximum absolute atomic E-state index is 12.3. The lowest BCUT2D eigenvalue weighted by Crippen LogP contribution is -2.67. The quantitative estimate of drug-likeness (QED) is 0.137. The zero-order chi connectivity index (χ0) is 50.8. The second-order valence-corrected chi connectivity index (χ2v) is 23.8. The summed E-state index contributed by atoms with van der Waals surface area (Å²) in [6.07, 6.45) is -19.9. The molecule has 10 rings (SSSR count). The second kappa shape index (κ2) is 20.1. The van der Waals surface area contributed by atoms with Crippen molar-refractivity contribution in [1.29, 1.82) is 0 Å². The van der Waals surface area contributed by atoms with Crippen LogP contribution in [0, 0.1) is 46.3 Å². The van der Waals surface area contributed by atoms with Gasteiger partial charge in [0.05, 0.1) is 43.7 Å². The molecule has 6 heterocycles. The molecule has 3 saturated carbocycles. The molecule has 20 heteroatoms. The Hall–Kier alpha value is -1.06. The third-order valence-corrected chi connectivity index (χ3v) is 19.7. The third-order valence-electron chi connectivity index (χ3n) is 19.7. The summed E-state index contributed by atoms with van der Waals surface area (Å²) in [5.41, 5.74) is 1.44. The van der Waals surface area contributed by atoms with Gasteiger partial charge in [0.2, 0.25) is 0 Å². The molecule has 20 nitrogen and oxygen atoms in total. The number of ether oxygens (including phenoxy) is 10. The average molecular weight is 1020 g/mol. The van der Waals surface area contributed by atoms with Crippen molar-refractivity contribution in [2.24, 2.45) is 46.3 Å². The van der Waals surface area contributed by atoms with Gasteiger partial charge in [-0.1, -0.05) is 39.3 Å². The summed E-state index contributed by atoms with van der Waals surface area (Å²) in [5.74, 6) is 2.47. The van der Waals surface area contributed by atoms with Gasteiger partial charge in [0, 0.05) is 12.3 Å². The highest BCUT2D eigenvalue weighted by Crippen LogP contribution is 2.71. The predicted octanol–water partition coefficient (Wildman–Crippen LogP) is 0.0935. The smallest absolute Gasteiger partial charge is 0.187 e. The van der Waals surface area contributed by atoms with E-state index >= 15 is 0 Å². The molecule has 6 aliphatic heterocycles. The Bertz CT molecular complexity index is 1890. The lowest BCUT2D eigenvalue weighted by Gasteiger charge is -2.58. The molecule has 1 spiro atoms. The van der Waals surface area contributed by atoms with Crippen molar-refractivity contribution in [2.45, 2.75) is 247 Å². The number of fused-ring (bicyclic) bond motifs is 7. The van der Waals surface area contributed by atoms with E-state index in [0.717, 1.165) is 51.6 Å². The highest BCUT2D eigenvalue weighted by atomic mass is 16.8. The van der Waals surface area contributed by atoms with E-state index in [-0.39, 0.29) is 16.9 Å². The Morgan fingerprint density at radius 3 is 1.80 bits per heavy atom. The third kappa shape index (κ3) is 9.03. The van der Waals surface area contributed by atoms with Gasteiger partial charge in [-0.15, -0.1) is 0 Å². The lowest BCUT2D eigenvalue weighted by molar-refractivity contribution is -0.400. The fraction of sp³-hybridized carbons (Fsp3) is 0.961. The van der Waals surface area contributed by atoms with Crippen LogP contribution in [-0.2, 0) is 47.4 Å². The van der Waals surface area contributed by atoms with E-state index in [2.05, 4.69) is 33.8 Å². The molecule has 0 bridgehead atoms. The van der Waals surface area contributed by atoms with Crippen LogP contribution in [0.15, 0.2) is 11.6 Å². The van der Waals surface area contributed by atoms with Crippen molar-refractivity contribution in [3.8, 4) is 0 Å². The molecule has 406 valence electrons. The molecule has 28 unspecified atom stereocenters. The molecule has 0 aromatic heterocycles. The van der Waals surface area contributed by atoms with Crippen molar-refractivity contribution in [3.05, 3.63) is 11.6 Å². The molecular weight excluding hydrogens is 933 g/mol. The van der Waals surface area contributed by atoms with Gasteiger partial charge in [-0.2, -0.15) is 0 Å². The van der Waals surface area contributed by atoms with Gasteiger partial charge >= 0.3 is 0 Å². The van der Waals surface area contributed by atoms with Crippen LogP contribution in [0.4, 0.5) is 0 Å². The normalized spacial score (nSPS) is 58.4. The number of hydrogen-bond donors (Lipinski definition) is 10. The fourth-order valence-corrected chi connectivity index (χ4v) is 15.4. The molecule has 0 aromatic rings. The van der Waals surface area contributed by atoms with Crippen LogP contribution in [-0.4, -0.2) is 205 Å². The molecule has 0 amide bonds. The summed E-state index contributed by atoms with van der Waals surface area (Å²) in [6, 6.07) is 0. The molecule has 71 heavy (non-hydrogen) atoms. The molecule has 9 fully saturated rings. The number of rotatable bonds is 9. The Balaban J connectivity index is 0.864. The van der Waals surface area contributed by atoms with Crippen LogP contribution in [0.1, 0.15) is 106 Å². The highest BCUT2D eigenvalue weighted by molar-refractivity contribution is 5.26. The summed E-state index contributed by atoms with van der Waals surface area (Å²) < 4.78 is 62.7. The number of aliphatic hydroxyl groups is 10. The van der Waals surface area contributed by atoms with Crippen LogP contribution in [0.2, 0.25) is 0 Å². The van der Waals surface area contributed by atoms with E-state index in [0.29, 0.717) is 48.3 Å². The van der Waals surface area contributed by atoms with Gasteiger partial charge in [-0.05, 0) is 113 Å². The standard InChI is InChI=1S/C51H82O20/c1-20-10-15-51(62-19-20)21(2)32-30(71-51)17-29-27-9-8-25-16-26(11-13-49(25,6)28(27)12-14-50(29,32)7)66-47-41(61)43(69-45-39(59)36(56)33(53)22(3)63-45)42(31(18-52)67-47)68-48-44(38(58)35(55)24(5)65-48)70-46-40(60)37(57)34(54)23(4)64-46/h8,20-24,26-48,52-61H,9-19H2,1-7H3/t20?,21?,22?,23?,24?,26?,27?,28?,29?,30?,31?,32?,33?,34?,35?,36?,37?,38?,39?,40?,41?,42?,43?,44?,45?,46?,47?,48?,49-,50-,51+/m0/s1. The largest absolute Gasteiger partial charge is 0.394 e. The number of allylic oxidation sites excluding steroid dienone is 1. The van der Waals surface area contributed by atoms with Crippen molar-refractivity contribution in [3.63, 3.8) is 0 Å². The Kier molecular flexibility index (Phi) is 15.1. The average Bonchev–Trinajstić information content (AvgIpc) is 3.79. The molecule has 10 N–H and O–H groups in total. The molecule has 4 aliphatic carbocycles. The van der Waals surface area contributed by atoms with Crippen molar-refractivity contribution in [2.75, 3.05) is 13.2 Å². The summed E-state index contributed by atoms with van der Waals surface area (Å²) >= 11 is 0. The van der Waals surface area contributed by atoms with Crippen molar-refractivity contribution >= 4 is 0 Å². The molecule has 0 aromatic carbocycles.